The number of alkyl halides is 5. The molecule has 0 amide bonds. The fraction of sp³-hybridized carbons (Fsp3) is 0.474. The molecule has 0 saturated carbocycles. The molecule has 182 valence electrons. The van der Waals surface area contributed by atoms with Crippen LogP contribution in [0.1, 0.15) is 45.1 Å². The molecular formula is C19H19BF6N6O2. The lowest BCUT2D eigenvalue weighted by Crippen LogP contribution is -2.51. The van der Waals surface area contributed by atoms with E-state index < -0.39 is 59.0 Å². The average Bonchev–Trinajstić information content (AvgIpc) is 2.70. The maximum atomic E-state index is 14.8. The van der Waals surface area contributed by atoms with Crippen molar-refractivity contribution in [2.45, 2.75) is 56.8 Å². The largest absolute Gasteiger partial charge is 0.433 e. The quantitative estimate of drug-likeness (QED) is 0.328. The third-order valence-corrected chi connectivity index (χ3v) is 4.51. The van der Waals surface area contributed by atoms with Gasteiger partial charge in [-0.15, -0.1) is 0 Å². The number of hydrogen-bond donors (Lipinski definition) is 3. The van der Waals surface area contributed by atoms with Crippen molar-refractivity contribution >= 4 is 31.0 Å². The number of aromatic nitrogens is 4. The molecule has 2 aromatic rings. The molecule has 0 saturated heterocycles. The van der Waals surface area contributed by atoms with Crippen LogP contribution < -0.4 is 10.8 Å². The molecular weight excluding hydrogens is 469 g/mol. The number of nitrogens with one attached hydrogen (secondary N) is 2. The Labute approximate surface area is 191 Å². The van der Waals surface area contributed by atoms with Crippen molar-refractivity contribution < 1.29 is 36.3 Å². The van der Waals surface area contributed by atoms with Crippen LogP contribution in [0.15, 0.2) is 24.2 Å². The maximum Gasteiger partial charge on any atom is 0.433 e. The van der Waals surface area contributed by atoms with E-state index in [0.29, 0.717) is 6.07 Å². The van der Waals surface area contributed by atoms with E-state index in [4.69, 9.17) is 12.7 Å². The van der Waals surface area contributed by atoms with Gasteiger partial charge in [0.2, 0.25) is 5.95 Å². The van der Waals surface area contributed by atoms with Gasteiger partial charge in [-0.1, -0.05) is 0 Å². The normalized spacial score (nSPS) is 20.9. The van der Waals surface area contributed by atoms with Crippen LogP contribution in [0.5, 0.6) is 0 Å². The Morgan fingerprint density at radius 3 is 2.38 bits per heavy atom. The zero-order chi connectivity index (χ0) is 25.5. The second kappa shape index (κ2) is 8.69. The molecule has 1 aliphatic rings. The van der Waals surface area contributed by atoms with Crippen LogP contribution in [-0.2, 0) is 11.0 Å². The number of allylic oxidation sites excluding steroid dienone is 1. The Balaban J connectivity index is 2.05. The monoisotopic (exact) mass is 488 g/mol. The maximum absolute atomic E-state index is 14.8. The molecule has 8 nitrogen and oxygen atoms in total. The number of rotatable bonds is 5. The summed E-state index contributed by atoms with van der Waals surface area (Å²) in [4.78, 5) is 20.4. The average molecular weight is 488 g/mol. The van der Waals surface area contributed by atoms with Gasteiger partial charge in [0.25, 0.3) is 11.9 Å². The third-order valence-electron chi connectivity index (χ3n) is 4.51. The third kappa shape index (κ3) is 5.58. The molecule has 1 aliphatic carbocycles. The minimum absolute atomic E-state index is 0.123. The molecule has 2 heterocycles. The number of nitrogens with zero attached hydrogens (tertiary/aromatic N) is 4. The number of anilines is 3. The van der Waals surface area contributed by atoms with Crippen molar-refractivity contribution in [1.29, 1.82) is 0 Å². The van der Waals surface area contributed by atoms with Crippen molar-refractivity contribution in [3.63, 3.8) is 0 Å². The predicted octanol–water partition coefficient (Wildman–Crippen LogP) is 4.14. The summed E-state index contributed by atoms with van der Waals surface area (Å²) in [6.07, 6.45) is -5.41. The summed E-state index contributed by atoms with van der Waals surface area (Å²) in [7, 11) is 5.13. The van der Waals surface area contributed by atoms with E-state index in [1.54, 1.807) is 20.8 Å². The Morgan fingerprint density at radius 1 is 1.12 bits per heavy atom. The van der Waals surface area contributed by atoms with Gasteiger partial charge >= 0.3 is 6.18 Å². The molecule has 2 aromatic heterocycles. The minimum Gasteiger partial charge on any atom is -0.387 e. The van der Waals surface area contributed by atoms with Crippen LogP contribution in [0.4, 0.5) is 43.9 Å². The zero-order valence-corrected chi connectivity index (χ0v) is 18.1. The summed E-state index contributed by atoms with van der Waals surface area (Å²) < 4.78 is 81.5. The first-order valence-electron chi connectivity index (χ1n) is 9.78. The summed E-state index contributed by atoms with van der Waals surface area (Å²) in [6.45, 7) is 5.03. The Morgan fingerprint density at radius 2 is 1.76 bits per heavy atom. The highest BCUT2D eigenvalue weighted by molar-refractivity contribution is 6.18. The molecule has 2 radical (unpaired) electrons. The van der Waals surface area contributed by atoms with Crippen molar-refractivity contribution in [2.75, 3.05) is 10.8 Å². The number of aliphatic hydroxyl groups is 1. The van der Waals surface area contributed by atoms with E-state index in [1.165, 1.54) is 6.07 Å². The first-order valence-corrected chi connectivity index (χ1v) is 9.78. The fourth-order valence-corrected chi connectivity index (χ4v) is 2.79. The lowest BCUT2D eigenvalue weighted by molar-refractivity contribution is -0.141. The molecule has 0 aromatic carbocycles. The van der Waals surface area contributed by atoms with E-state index in [2.05, 4.69) is 30.7 Å². The van der Waals surface area contributed by atoms with Crippen molar-refractivity contribution in [2.24, 2.45) is 0 Å². The second-order valence-electron chi connectivity index (χ2n) is 8.44. The minimum atomic E-state index is -4.72. The topological polar surface area (TPSA) is 105 Å². The van der Waals surface area contributed by atoms with Crippen molar-refractivity contribution in [3.05, 3.63) is 35.7 Å². The summed E-state index contributed by atoms with van der Waals surface area (Å²) in [6, 6.07) is 1.87. The van der Waals surface area contributed by atoms with Gasteiger partial charge in [-0.3, -0.25) is 9.82 Å². The van der Waals surface area contributed by atoms with E-state index in [9.17, 15) is 31.4 Å². The molecule has 1 atom stereocenters. The van der Waals surface area contributed by atoms with Gasteiger partial charge in [-0.05, 0) is 39.3 Å². The van der Waals surface area contributed by atoms with E-state index in [0.717, 1.165) is 6.20 Å². The first-order chi connectivity index (χ1) is 15.5. The van der Waals surface area contributed by atoms with Gasteiger partial charge in [0.15, 0.2) is 5.82 Å². The molecule has 0 unspecified atom stereocenters. The lowest BCUT2D eigenvalue weighted by Gasteiger charge is -2.36. The Hall–Kier alpha value is -2.94. The van der Waals surface area contributed by atoms with E-state index in [-0.39, 0.29) is 17.6 Å². The smallest absolute Gasteiger partial charge is 0.387 e. The highest BCUT2D eigenvalue weighted by Gasteiger charge is 2.55. The van der Waals surface area contributed by atoms with Crippen LogP contribution in [0.2, 0.25) is 0 Å². The van der Waals surface area contributed by atoms with Crippen LogP contribution in [0.25, 0.3) is 5.57 Å². The molecule has 15 heteroatoms. The molecule has 34 heavy (non-hydrogen) atoms. The summed E-state index contributed by atoms with van der Waals surface area (Å²) in [5, 5.41) is 12.3. The van der Waals surface area contributed by atoms with Gasteiger partial charge < -0.3 is 10.4 Å². The standard InChI is InChI=1S/C19H19BF6N6O2/c1-16(2,3)34-32-15-30-13(10-4-6-17(22,23)18(20,33)12(10)21)29-14(31-15)28-9-5-7-27-11(8-9)19(24,25)26/h5,7-8,33H,4,6H2,1-3H3,(H2,27,28,29,30,31,32)/t18-/m1/s1. The lowest BCUT2D eigenvalue weighted by atomic mass is 9.68. The Kier molecular flexibility index (Phi) is 6.56. The molecule has 3 N–H and O–H groups in total. The van der Waals surface area contributed by atoms with Gasteiger partial charge in [0.1, 0.15) is 24.9 Å². The van der Waals surface area contributed by atoms with Crippen molar-refractivity contribution in [3.8, 4) is 0 Å². The molecule has 3 rings (SSSR count). The van der Waals surface area contributed by atoms with Crippen LogP contribution >= 0.6 is 0 Å². The van der Waals surface area contributed by atoms with Crippen LogP contribution in [-0.4, -0.2) is 49.9 Å². The summed E-state index contributed by atoms with van der Waals surface area (Å²) in [5.41, 5.74) is -3.79. The Bertz CT molecular complexity index is 1100. The molecule has 0 spiro atoms. The second-order valence-corrected chi connectivity index (χ2v) is 8.44. The van der Waals surface area contributed by atoms with Gasteiger partial charge in [0, 0.05) is 23.9 Å². The van der Waals surface area contributed by atoms with E-state index >= 15 is 0 Å². The van der Waals surface area contributed by atoms with Gasteiger partial charge in [-0.2, -0.15) is 28.1 Å². The van der Waals surface area contributed by atoms with Gasteiger partial charge in [0.05, 0.1) is 5.60 Å². The van der Waals surface area contributed by atoms with E-state index in [1.807, 2.05) is 0 Å². The highest BCUT2D eigenvalue weighted by atomic mass is 19.4. The number of halogens is 6. The van der Waals surface area contributed by atoms with Crippen molar-refractivity contribution in [1.82, 2.24) is 19.9 Å². The number of pyridine rings is 1. The van der Waals surface area contributed by atoms with Crippen LogP contribution in [0.3, 0.4) is 0 Å². The first kappa shape index (κ1) is 25.7. The highest BCUT2D eigenvalue weighted by Crippen LogP contribution is 2.46. The summed E-state index contributed by atoms with van der Waals surface area (Å²) in [5.74, 6) is -6.87. The SMILES string of the molecule is [B][C@@]1(O)C(F)=C(c2nc(NOC(C)(C)C)nc(Nc3ccnc(C(F)(F)F)c3)n2)CCC1(F)F. The number of hydrogen-bond acceptors (Lipinski definition) is 8. The molecule has 0 fully saturated rings. The van der Waals surface area contributed by atoms with Gasteiger partial charge in [-0.25, -0.2) is 18.7 Å². The predicted molar refractivity (Wildman–Crippen MR) is 110 cm³/mol. The molecule has 0 aliphatic heterocycles. The summed E-state index contributed by atoms with van der Waals surface area (Å²) >= 11 is 0. The zero-order valence-electron chi connectivity index (χ0n) is 18.1. The molecule has 0 bridgehead atoms. The fourth-order valence-electron chi connectivity index (χ4n) is 2.79. The van der Waals surface area contributed by atoms with Crippen LogP contribution in [0, 0.1) is 0 Å².